The first-order valence-electron chi connectivity index (χ1n) is 8.57. The molecule has 144 valence electrons. The number of amides is 1. The average Bonchev–Trinajstić information content (AvgIpc) is 2.59. The van der Waals surface area contributed by atoms with Gasteiger partial charge in [0, 0.05) is 25.2 Å². The highest BCUT2D eigenvalue weighted by molar-refractivity contribution is 7.88. The van der Waals surface area contributed by atoms with Crippen molar-refractivity contribution in [1.82, 2.24) is 9.62 Å². The van der Waals surface area contributed by atoms with Crippen molar-refractivity contribution in [2.24, 2.45) is 0 Å². The van der Waals surface area contributed by atoms with E-state index < -0.39 is 10.0 Å². The van der Waals surface area contributed by atoms with Crippen LogP contribution in [-0.4, -0.2) is 58.3 Å². The third-order valence-electron chi connectivity index (χ3n) is 4.09. The minimum atomic E-state index is -3.21. The molecule has 1 fully saturated rings. The van der Waals surface area contributed by atoms with Crippen molar-refractivity contribution in [1.29, 1.82) is 0 Å². The number of nitrogens with zero attached hydrogens (tertiary/aromatic N) is 1. The van der Waals surface area contributed by atoms with E-state index in [2.05, 4.69) is 4.72 Å². The Labute approximate surface area is 155 Å². The number of sulfonamides is 1. The lowest BCUT2D eigenvalue weighted by molar-refractivity contribution is -0.126. The smallest absolute Gasteiger partial charge is 0.246 e. The van der Waals surface area contributed by atoms with Crippen molar-refractivity contribution in [3.05, 3.63) is 29.8 Å². The van der Waals surface area contributed by atoms with E-state index in [0.717, 1.165) is 11.8 Å². The van der Waals surface area contributed by atoms with Crippen LogP contribution in [0.3, 0.4) is 0 Å². The Balaban J connectivity index is 1.94. The molecule has 0 aliphatic carbocycles. The third-order valence-corrected chi connectivity index (χ3v) is 4.85. The summed E-state index contributed by atoms with van der Waals surface area (Å²) < 4.78 is 35.9. The van der Waals surface area contributed by atoms with Gasteiger partial charge in [0.2, 0.25) is 15.9 Å². The number of nitrogens with one attached hydrogen (secondary N) is 1. The molecule has 0 saturated carbocycles. The number of piperidine rings is 1. The fourth-order valence-electron chi connectivity index (χ4n) is 2.86. The van der Waals surface area contributed by atoms with Crippen LogP contribution in [0, 0.1) is 0 Å². The molecule has 1 N–H and O–H groups in total. The van der Waals surface area contributed by atoms with Crippen LogP contribution in [-0.2, 0) is 14.8 Å². The number of benzene rings is 1. The number of carbonyl (C=O) groups excluding carboxylic acids is 1. The van der Waals surface area contributed by atoms with Crippen molar-refractivity contribution in [2.45, 2.75) is 25.8 Å². The summed E-state index contributed by atoms with van der Waals surface area (Å²) in [6, 6.07) is 5.38. The summed E-state index contributed by atoms with van der Waals surface area (Å²) in [7, 11) is -1.63. The number of hydrogen-bond acceptors (Lipinski definition) is 5. The highest BCUT2D eigenvalue weighted by Gasteiger charge is 2.23. The van der Waals surface area contributed by atoms with E-state index in [1.165, 1.54) is 6.08 Å². The Hall–Kier alpha value is -2.06. The van der Waals surface area contributed by atoms with E-state index in [0.29, 0.717) is 44.0 Å². The van der Waals surface area contributed by atoms with Crippen LogP contribution >= 0.6 is 0 Å². The molecule has 1 aromatic rings. The molecule has 0 spiro atoms. The standard InChI is InChI=1S/C18H26N2O5S/c1-4-25-17-13-14(5-7-16(17)24-2)6-8-18(21)20-11-9-15(10-12-20)19-26(3,22)23/h5-8,13,15,19H,4,9-12H2,1-3H3/b8-6+. The lowest BCUT2D eigenvalue weighted by Gasteiger charge is -2.31. The second kappa shape index (κ2) is 9.05. The Morgan fingerprint density at radius 3 is 2.58 bits per heavy atom. The van der Waals surface area contributed by atoms with Crippen LogP contribution in [0.25, 0.3) is 6.08 Å². The van der Waals surface area contributed by atoms with Crippen LogP contribution in [0.1, 0.15) is 25.3 Å². The van der Waals surface area contributed by atoms with Crippen molar-refractivity contribution in [2.75, 3.05) is 33.1 Å². The molecule has 0 radical (unpaired) electrons. The van der Waals surface area contributed by atoms with Gasteiger partial charge in [-0.1, -0.05) is 6.07 Å². The van der Waals surface area contributed by atoms with Crippen molar-refractivity contribution in [3.63, 3.8) is 0 Å². The molecule has 1 amide bonds. The molecule has 1 heterocycles. The summed E-state index contributed by atoms with van der Waals surface area (Å²) in [5.41, 5.74) is 0.844. The van der Waals surface area contributed by atoms with Crippen molar-refractivity contribution < 1.29 is 22.7 Å². The summed E-state index contributed by atoms with van der Waals surface area (Å²) in [5.74, 6) is 1.20. The minimum absolute atomic E-state index is 0.0865. The van der Waals surface area contributed by atoms with Crippen LogP contribution in [0.2, 0.25) is 0 Å². The maximum absolute atomic E-state index is 12.3. The first-order chi connectivity index (χ1) is 12.3. The lowest BCUT2D eigenvalue weighted by Crippen LogP contribution is -2.45. The van der Waals surface area contributed by atoms with Crippen LogP contribution < -0.4 is 14.2 Å². The van der Waals surface area contributed by atoms with Gasteiger partial charge < -0.3 is 14.4 Å². The van der Waals surface area contributed by atoms with E-state index in [1.807, 2.05) is 19.1 Å². The summed E-state index contributed by atoms with van der Waals surface area (Å²) in [6.45, 7) is 3.49. The predicted molar refractivity (Wildman–Crippen MR) is 101 cm³/mol. The number of likely N-dealkylation sites (tertiary alicyclic amines) is 1. The van der Waals surface area contributed by atoms with Gasteiger partial charge in [0.15, 0.2) is 11.5 Å². The van der Waals surface area contributed by atoms with Gasteiger partial charge in [0.05, 0.1) is 20.0 Å². The second-order valence-corrected chi connectivity index (χ2v) is 7.95. The first kappa shape index (κ1) is 20.3. The van der Waals surface area contributed by atoms with Crippen LogP contribution in [0.15, 0.2) is 24.3 Å². The van der Waals surface area contributed by atoms with Crippen LogP contribution in [0.5, 0.6) is 11.5 Å². The Kier molecular flexibility index (Phi) is 7.05. The van der Waals surface area contributed by atoms with E-state index >= 15 is 0 Å². The third kappa shape index (κ3) is 6.03. The highest BCUT2D eigenvalue weighted by atomic mass is 32.2. The number of methoxy groups -OCH3 is 1. The van der Waals surface area contributed by atoms with Gasteiger partial charge in [0.25, 0.3) is 0 Å². The fraction of sp³-hybridized carbons (Fsp3) is 0.500. The van der Waals surface area contributed by atoms with Gasteiger partial charge in [0.1, 0.15) is 0 Å². The fourth-order valence-corrected chi connectivity index (χ4v) is 3.70. The van der Waals surface area contributed by atoms with Gasteiger partial charge in [-0.15, -0.1) is 0 Å². The van der Waals surface area contributed by atoms with E-state index in [9.17, 15) is 13.2 Å². The maximum atomic E-state index is 12.3. The van der Waals surface area contributed by atoms with E-state index in [1.54, 1.807) is 24.2 Å². The Bertz CT molecular complexity index is 753. The number of hydrogen-bond donors (Lipinski definition) is 1. The number of carbonyl (C=O) groups is 1. The molecule has 0 bridgehead atoms. The summed E-state index contributed by atoms with van der Waals surface area (Å²) in [5, 5.41) is 0. The van der Waals surface area contributed by atoms with E-state index in [4.69, 9.17) is 9.47 Å². The molecule has 7 nitrogen and oxygen atoms in total. The van der Waals surface area contributed by atoms with Gasteiger partial charge in [-0.25, -0.2) is 13.1 Å². The SMILES string of the molecule is CCOc1cc(/C=C/C(=O)N2CCC(NS(C)(=O)=O)CC2)ccc1OC. The summed E-state index contributed by atoms with van der Waals surface area (Å²) in [6.07, 6.45) is 5.65. The zero-order valence-corrected chi connectivity index (χ0v) is 16.2. The minimum Gasteiger partial charge on any atom is -0.493 e. The first-order valence-corrected chi connectivity index (χ1v) is 10.5. The molecule has 8 heteroatoms. The monoisotopic (exact) mass is 382 g/mol. The van der Waals surface area contributed by atoms with Gasteiger partial charge in [-0.05, 0) is 43.5 Å². The van der Waals surface area contributed by atoms with Gasteiger partial charge >= 0.3 is 0 Å². The lowest BCUT2D eigenvalue weighted by atomic mass is 10.1. The largest absolute Gasteiger partial charge is 0.493 e. The molecule has 1 saturated heterocycles. The molecule has 1 aliphatic rings. The average molecular weight is 382 g/mol. The Morgan fingerprint density at radius 1 is 1.31 bits per heavy atom. The molecule has 26 heavy (non-hydrogen) atoms. The van der Waals surface area contributed by atoms with Crippen molar-refractivity contribution in [3.8, 4) is 11.5 Å². The molecule has 1 aliphatic heterocycles. The summed E-state index contributed by atoms with van der Waals surface area (Å²) in [4.78, 5) is 14.1. The van der Waals surface area contributed by atoms with Gasteiger partial charge in [-0.2, -0.15) is 0 Å². The van der Waals surface area contributed by atoms with Crippen molar-refractivity contribution >= 4 is 22.0 Å². The van der Waals surface area contributed by atoms with Gasteiger partial charge in [-0.3, -0.25) is 4.79 Å². The molecule has 0 aromatic heterocycles. The van der Waals surface area contributed by atoms with Crippen LogP contribution in [0.4, 0.5) is 0 Å². The molecule has 1 aromatic carbocycles. The molecule has 2 rings (SSSR count). The molecular formula is C18H26N2O5S. The zero-order valence-electron chi connectivity index (χ0n) is 15.4. The Morgan fingerprint density at radius 2 is 2.00 bits per heavy atom. The second-order valence-electron chi connectivity index (χ2n) is 6.17. The number of ether oxygens (including phenoxy) is 2. The predicted octanol–water partition coefficient (Wildman–Crippen LogP) is 1.65. The number of rotatable bonds is 7. The highest BCUT2D eigenvalue weighted by Crippen LogP contribution is 2.28. The quantitative estimate of drug-likeness (QED) is 0.725. The molecule has 0 atom stereocenters. The zero-order chi connectivity index (χ0) is 19.2. The van der Waals surface area contributed by atoms with E-state index in [-0.39, 0.29) is 11.9 Å². The molecule has 0 unspecified atom stereocenters. The topological polar surface area (TPSA) is 84.9 Å². The molecular weight excluding hydrogens is 356 g/mol. The normalized spacial score (nSPS) is 16.0. The summed E-state index contributed by atoms with van der Waals surface area (Å²) >= 11 is 0. The maximum Gasteiger partial charge on any atom is 0.246 e.